The van der Waals surface area contributed by atoms with Crippen LogP contribution in [0.3, 0.4) is 0 Å². The number of morpholine rings is 2. The summed E-state index contributed by atoms with van der Waals surface area (Å²) in [5.74, 6) is 0. The van der Waals surface area contributed by atoms with Crippen LogP contribution in [-0.2, 0) is 9.47 Å². The average Bonchev–Trinajstić information content (AvgIpc) is 2.82. The maximum atomic E-state index is 5.58. The molecule has 4 nitrogen and oxygen atoms in total. The Morgan fingerprint density at radius 3 is 1.94 bits per heavy atom. The summed E-state index contributed by atoms with van der Waals surface area (Å²) < 4.78 is 13.6. The molecule has 2 fully saturated rings. The van der Waals surface area contributed by atoms with Crippen molar-refractivity contribution in [2.24, 2.45) is 0 Å². The van der Waals surface area contributed by atoms with Crippen LogP contribution in [0.4, 0.5) is 0 Å². The number of hydrogen-bond acceptors (Lipinski definition) is 3. The first kappa shape index (κ1) is 21.5. The van der Waals surface area contributed by atoms with Crippen LogP contribution in [0.25, 0.3) is 5.70 Å². The van der Waals surface area contributed by atoms with E-state index in [0.717, 1.165) is 52.6 Å². The SMILES string of the molecule is Cc1ccc(C(=CC=CC(c2ccc(C)cc2)=[N+]2CCOCC2)N2CCOCC2)cc1. The molecule has 4 rings (SSSR count). The molecule has 0 radical (unpaired) electrons. The van der Waals surface area contributed by atoms with Gasteiger partial charge in [-0.25, -0.2) is 4.58 Å². The summed E-state index contributed by atoms with van der Waals surface area (Å²) in [7, 11) is 0. The normalized spacial score (nSPS) is 17.9. The van der Waals surface area contributed by atoms with Crippen molar-refractivity contribution in [3.63, 3.8) is 0 Å². The van der Waals surface area contributed by atoms with Crippen molar-refractivity contribution < 1.29 is 14.0 Å². The molecule has 0 amide bonds. The molecule has 2 aromatic carbocycles. The fourth-order valence-corrected chi connectivity index (χ4v) is 4.06. The van der Waals surface area contributed by atoms with E-state index in [9.17, 15) is 0 Å². The van der Waals surface area contributed by atoms with Gasteiger partial charge in [-0.15, -0.1) is 0 Å². The van der Waals surface area contributed by atoms with Gasteiger partial charge in [-0.05, 0) is 37.6 Å². The van der Waals surface area contributed by atoms with E-state index in [-0.39, 0.29) is 0 Å². The first-order valence-electron chi connectivity index (χ1n) is 11.3. The van der Waals surface area contributed by atoms with Crippen LogP contribution in [-0.4, -0.2) is 67.8 Å². The summed E-state index contributed by atoms with van der Waals surface area (Å²) in [6.07, 6.45) is 6.71. The quantitative estimate of drug-likeness (QED) is 0.542. The van der Waals surface area contributed by atoms with E-state index in [1.54, 1.807) is 0 Å². The van der Waals surface area contributed by atoms with Gasteiger partial charge in [-0.2, -0.15) is 0 Å². The predicted octanol–water partition coefficient (Wildman–Crippen LogP) is 4.06. The second kappa shape index (κ2) is 10.6. The molecule has 2 aromatic rings. The third-order valence-electron chi connectivity index (χ3n) is 5.91. The number of ether oxygens (including phenoxy) is 2. The zero-order valence-electron chi connectivity index (χ0n) is 18.7. The standard InChI is InChI=1S/C27H33N2O2/c1-22-6-10-24(11-7-22)26(28-14-18-30-19-15-28)4-3-5-27(29-16-20-31-21-17-29)25-12-8-23(2)9-13-25/h3-13H,14-21H2,1-2H3/q+1. The van der Waals surface area contributed by atoms with Gasteiger partial charge in [0.1, 0.15) is 13.2 Å². The Kier molecular flexibility index (Phi) is 7.34. The summed E-state index contributed by atoms with van der Waals surface area (Å²) in [6, 6.07) is 17.6. The second-order valence-corrected chi connectivity index (χ2v) is 8.23. The largest absolute Gasteiger partial charge is 0.378 e. The van der Waals surface area contributed by atoms with Crippen molar-refractivity contribution >= 4 is 11.4 Å². The zero-order chi connectivity index (χ0) is 21.5. The highest BCUT2D eigenvalue weighted by Gasteiger charge is 2.19. The van der Waals surface area contributed by atoms with E-state index in [2.05, 4.69) is 90.1 Å². The van der Waals surface area contributed by atoms with E-state index in [0.29, 0.717) is 0 Å². The van der Waals surface area contributed by atoms with Crippen LogP contribution in [0.2, 0.25) is 0 Å². The van der Waals surface area contributed by atoms with Crippen molar-refractivity contribution in [2.75, 3.05) is 52.6 Å². The summed E-state index contributed by atoms with van der Waals surface area (Å²) in [5.41, 5.74) is 7.57. The van der Waals surface area contributed by atoms with Gasteiger partial charge in [0.05, 0.1) is 13.2 Å². The van der Waals surface area contributed by atoms with Crippen LogP contribution in [0, 0.1) is 13.8 Å². The van der Waals surface area contributed by atoms with Crippen molar-refractivity contribution in [1.29, 1.82) is 0 Å². The van der Waals surface area contributed by atoms with E-state index in [4.69, 9.17) is 9.47 Å². The van der Waals surface area contributed by atoms with Gasteiger partial charge in [0.2, 0.25) is 5.71 Å². The molecule has 2 aliphatic heterocycles. The van der Waals surface area contributed by atoms with E-state index in [1.165, 1.54) is 33.7 Å². The fourth-order valence-electron chi connectivity index (χ4n) is 4.06. The third kappa shape index (κ3) is 5.72. The minimum Gasteiger partial charge on any atom is -0.378 e. The average molecular weight is 418 g/mol. The first-order valence-corrected chi connectivity index (χ1v) is 11.3. The van der Waals surface area contributed by atoms with Crippen LogP contribution in [0.5, 0.6) is 0 Å². The van der Waals surface area contributed by atoms with Crippen molar-refractivity contribution in [1.82, 2.24) is 4.90 Å². The lowest BCUT2D eigenvalue weighted by atomic mass is 10.1. The Morgan fingerprint density at radius 1 is 0.774 bits per heavy atom. The molecule has 2 saturated heterocycles. The lowest BCUT2D eigenvalue weighted by molar-refractivity contribution is -0.548. The summed E-state index contributed by atoms with van der Waals surface area (Å²) in [4.78, 5) is 2.43. The molecule has 162 valence electrons. The number of benzene rings is 2. The fraction of sp³-hybridized carbons (Fsp3) is 0.370. The van der Waals surface area contributed by atoms with Gasteiger partial charge in [0.15, 0.2) is 13.1 Å². The zero-order valence-corrected chi connectivity index (χ0v) is 18.7. The number of nitrogens with zero attached hydrogens (tertiary/aromatic N) is 2. The molecule has 2 heterocycles. The van der Waals surface area contributed by atoms with Crippen molar-refractivity contribution in [3.05, 3.63) is 89.0 Å². The number of rotatable bonds is 5. The minimum atomic E-state index is 0.779. The molecule has 31 heavy (non-hydrogen) atoms. The highest BCUT2D eigenvalue weighted by molar-refractivity contribution is 6.05. The Labute approximate surface area is 186 Å². The highest BCUT2D eigenvalue weighted by atomic mass is 16.5. The molecule has 0 atom stereocenters. The molecule has 2 aliphatic rings. The second-order valence-electron chi connectivity index (χ2n) is 8.23. The van der Waals surface area contributed by atoms with Crippen molar-refractivity contribution in [2.45, 2.75) is 13.8 Å². The van der Waals surface area contributed by atoms with Gasteiger partial charge in [0.25, 0.3) is 0 Å². The van der Waals surface area contributed by atoms with Gasteiger partial charge in [0, 0.05) is 30.4 Å². The molecule has 0 unspecified atom stereocenters. The number of allylic oxidation sites excluding steroid dienone is 3. The van der Waals surface area contributed by atoms with E-state index < -0.39 is 0 Å². The lowest BCUT2D eigenvalue weighted by Gasteiger charge is -2.31. The van der Waals surface area contributed by atoms with Gasteiger partial charge in [-0.3, -0.25) is 0 Å². The number of hydrogen-bond donors (Lipinski definition) is 0. The molecule has 0 bridgehead atoms. The lowest BCUT2D eigenvalue weighted by Crippen LogP contribution is -2.35. The Balaban J connectivity index is 1.67. The maximum absolute atomic E-state index is 5.58. The molecule has 0 saturated carbocycles. The highest BCUT2D eigenvalue weighted by Crippen LogP contribution is 2.21. The molecule has 0 N–H and O–H groups in total. The van der Waals surface area contributed by atoms with Crippen molar-refractivity contribution in [3.8, 4) is 0 Å². The number of aryl methyl sites for hydroxylation is 2. The van der Waals surface area contributed by atoms with Gasteiger partial charge in [-0.1, -0.05) is 53.6 Å². The smallest absolute Gasteiger partial charge is 0.207 e. The van der Waals surface area contributed by atoms with E-state index in [1.807, 2.05) is 0 Å². The monoisotopic (exact) mass is 417 g/mol. The Morgan fingerprint density at radius 2 is 1.32 bits per heavy atom. The van der Waals surface area contributed by atoms with E-state index >= 15 is 0 Å². The molecular weight excluding hydrogens is 384 g/mol. The minimum absolute atomic E-state index is 0.779. The predicted molar refractivity (Wildman–Crippen MR) is 127 cm³/mol. The topological polar surface area (TPSA) is 24.7 Å². The Bertz CT molecular complexity index is 942. The summed E-state index contributed by atoms with van der Waals surface area (Å²) >= 11 is 0. The van der Waals surface area contributed by atoms with Gasteiger partial charge >= 0.3 is 0 Å². The molecule has 4 heteroatoms. The molecule has 0 aliphatic carbocycles. The van der Waals surface area contributed by atoms with Crippen LogP contribution in [0.15, 0.2) is 66.8 Å². The van der Waals surface area contributed by atoms with Crippen LogP contribution < -0.4 is 0 Å². The molecule has 0 aromatic heterocycles. The first-order chi connectivity index (χ1) is 15.2. The summed E-state index contributed by atoms with van der Waals surface area (Å²) in [5, 5.41) is 0. The summed E-state index contributed by atoms with van der Waals surface area (Å²) in [6.45, 7) is 11.1. The molecular formula is C27H33N2O2+. The molecule has 0 spiro atoms. The maximum Gasteiger partial charge on any atom is 0.207 e. The van der Waals surface area contributed by atoms with Crippen LogP contribution in [0.1, 0.15) is 22.3 Å². The van der Waals surface area contributed by atoms with Crippen LogP contribution >= 0.6 is 0 Å². The third-order valence-corrected chi connectivity index (χ3v) is 5.91. The Hall–Kier alpha value is -2.69. The van der Waals surface area contributed by atoms with Gasteiger partial charge < -0.3 is 14.4 Å².